The first-order valence-corrected chi connectivity index (χ1v) is 7.41. The molecule has 0 saturated heterocycles. The second-order valence-corrected chi connectivity index (χ2v) is 5.18. The molecule has 0 aliphatic carbocycles. The molecule has 1 amide bonds. The molecule has 0 aliphatic rings. The molecule has 0 radical (unpaired) electrons. The molecule has 2 aromatic carbocycles. The van der Waals surface area contributed by atoms with Crippen molar-refractivity contribution >= 4 is 11.6 Å². The van der Waals surface area contributed by atoms with E-state index in [0.29, 0.717) is 13.2 Å². The lowest BCUT2D eigenvalue weighted by molar-refractivity contribution is -0.119. The van der Waals surface area contributed by atoms with Gasteiger partial charge in [0.25, 0.3) is 0 Å². The molecule has 22 heavy (non-hydrogen) atoms. The molecular formula is C18H22N2O2. The summed E-state index contributed by atoms with van der Waals surface area (Å²) >= 11 is 0. The number of carbonyl (C=O) groups excluding carboxylic acids is 1. The highest BCUT2D eigenvalue weighted by Gasteiger charge is 2.02. The summed E-state index contributed by atoms with van der Waals surface area (Å²) in [6, 6.07) is 15.8. The monoisotopic (exact) mass is 298 g/mol. The predicted molar refractivity (Wildman–Crippen MR) is 89.4 cm³/mol. The van der Waals surface area contributed by atoms with E-state index in [9.17, 15) is 4.79 Å². The molecular weight excluding hydrogens is 276 g/mol. The second kappa shape index (κ2) is 8.08. The van der Waals surface area contributed by atoms with Gasteiger partial charge in [0.2, 0.25) is 5.91 Å². The first-order chi connectivity index (χ1) is 10.6. The summed E-state index contributed by atoms with van der Waals surface area (Å²) in [6.07, 6.45) is 0. The van der Waals surface area contributed by atoms with E-state index in [1.54, 1.807) is 0 Å². The average Bonchev–Trinajstić information content (AvgIpc) is 2.51. The maximum atomic E-state index is 11.8. The fourth-order valence-electron chi connectivity index (χ4n) is 2.07. The molecule has 0 fully saturated rings. The maximum Gasteiger partial charge on any atom is 0.239 e. The van der Waals surface area contributed by atoms with Gasteiger partial charge >= 0.3 is 0 Å². The van der Waals surface area contributed by atoms with E-state index in [0.717, 1.165) is 22.6 Å². The lowest BCUT2D eigenvalue weighted by Gasteiger charge is -2.10. The Morgan fingerprint density at radius 3 is 2.68 bits per heavy atom. The van der Waals surface area contributed by atoms with Crippen LogP contribution in [0.3, 0.4) is 0 Å². The van der Waals surface area contributed by atoms with Crippen molar-refractivity contribution in [3.05, 3.63) is 59.7 Å². The standard InChI is InChI=1S/C18H22N2O2/c1-14-6-5-8-16(12-14)22-11-10-19-18(21)13-20-17-9-4-3-7-15(17)2/h3-9,12,20H,10-11,13H2,1-2H3,(H,19,21). The first-order valence-electron chi connectivity index (χ1n) is 7.41. The highest BCUT2D eigenvalue weighted by molar-refractivity contribution is 5.80. The second-order valence-electron chi connectivity index (χ2n) is 5.18. The van der Waals surface area contributed by atoms with Crippen LogP contribution in [-0.2, 0) is 4.79 Å². The van der Waals surface area contributed by atoms with Crippen LogP contribution in [0.25, 0.3) is 0 Å². The minimum atomic E-state index is -0.0453. The number of nitrogens with one attached hydrogen (secondary N) is 2. The van der Waals surface area contributed by atoms with Gasteiger partial charge in [0, 0.05) is 5.69 Å². The minimum absolute atomic E-state index is 0.0453. The number of aryl methyl sites for hydroxylation is 2. The molecule has 0 aliphatic heterocycles. The normalized spacial score (nSPS) is 10.1. The van der Waals surface area contributed by atoms with Crippen LogP contribution in [-0.4, -0.2) is 25.6 Å². The van der Waals surface area contributed by atoms with Crippen LogP contribution < -0.4 is 15.4 Å². The van der Waals surface area contributed by atoms with Gasteiger partial charge in [-0.25, -0.2) is 0 Å². The number of rotatable bonds is 7. The lowest BCUT2D eigenvalue weighted by atomic mass is 10.2. The Morgan fingerprint density at radius 1 is 1.09 bits per heavy atom. The Hall–Kier alpha value is -2.49. The highest BCUT2D eigenvalue weighted by Crippen LogP contribution is 2.12. The molecule has 2 rings (SSSR count). The molecule has 0 aromatic heterocycles. The fraction of sp³-hybridized carbons (Fsp3) is 0.278. The zero-order valence-corrected chi connectivity index (χ0v) is 13.1. The number of carbonyl (C=O) groups is 1. The van der Waals surface area contributed by atoms with Crippen LogP contribution in [0, 0.1) is 13.8 Å². The number of anilines is 1. The van der Waals surface area contributed by atoms with Crippen LogP contribution in [0.15, 0.2) is 48.5 Å². The molecule has 0 bridgehead atoms. The minimum Gasteiger partial charge on any atom is -0.492 e. The molecule has 116 valence electrons. The van der Waals surface area contributed by atoms with Crippen molar-refractivity contribution in [2.75, 3.05) is 25.0 Å². The zero-order valence-electron chi connectivity index (χ0n) is 13.1. The topological polar surface area (TPSA) is 50.4 Å². The third-order valence-corrected chi connectivity index (χ3v) is 3.27. The van der Waals surface area contributed by atoms with E-state index in [2.05, 4.69) is 10.6 Å². The Labute approximate surface area is 131 Å². The summed E-state index contributed by atoms with van der Waals surface area (Å²) in [4.78, 5) is 11.8. The number of para-hydroxylation sites is 1. The fourth-order valence-corrected chi connectivity index (χ4v) is 2.07. The van der Waals surface area contributed by atoms with Gasteiger partial charge in [0.1, 0.15) is 12.4 Å². The number of hydrogen-bond acceptors (Lipinski definition) is 3. The Kier molecular flexibility index (Phi) is 5.83. The van der Waals surface area contributed by atoms with Crippen LogP contribution in [0.5, 0.6) is 5.75 Å². The molecule has 2 aromatic rings. The predicted octanol–water partition coefficient (Wildman–Crippen LogP) is 2.91. The largest absolute Gasteiger partial charge is 0.492 e. The van der Waals surface area contributed by atoms with Gasteiger partial charge in [0.15, 0.2) is 0 Å². The van der Waals surface area contributed by atoms with Crippen molar-refractivity contribution in [2.45, 2.75) is 13.8 Å². The van der Waals surface area contributed by atoms with Gasteiger partial charge in [-0.3, -0.25) is 4.79 Å². The molecule has 4 heteroatoms. The maximum absolute atomic E-state index is 11.8. The van der Waals surface area contributed by atoms with Gasteiger partial charge in [-0.2, -0.15) is 0 Å². The third-order valence-electron chi connectivity index (χ3n) is 3.27. The number of amides is 1. The zero-order chi connectivity index (χ0) is 15.8. The van der Waals surface area contributed by atoms with Gasteiger partial charge in [-0.1, -0.05) is 30.3 Å². The molecule has 0 saturated carbocycles. The first kappa shape index (κ1) is 15.9. The van der Waals surface area contributed by atoms with Gasteiger partial charge in [-0.05, 0) is 43.2 Å². The summed E-state index contributed by atoms with van der Waals surface area (Å²) < 4.78 is 5.58. The van der Waals surface area contributed by atoms with Crippen molar-refractivity contribution in [1.82, 2.24) is 5.32 Å². The average molecular weight is 298 g/mol. The smallest absolute Gasteiger partial charge is 0.239 e. The molecule has 0 atom stereocenters. The van der Waals surface area contributed by atoms with E-state index >= 15 is 0 Å². The summed E-state index contributed by atoms with van der Waals surface area (Å²) in [5, 5.41) is 5.96. The summed E-state index contributed by atoms with van der Waals surface area (Å²) in [5.74, 6) is 0.781. The summed E-state index contributed by atoms with van der Waals surface area (Å²) in [7, 11) is 0. The Bertz CT molecular complexity index is 626. The van der Waals surface area contributed by atoms with Crippen LogP contribution in [0.4, 0.5) is 5.69 Å². The highest BCUT2D eigenvalue weighted by atomic mass is 16.5. The van der Waals surface area contributed by atoms with Crippen molar-refractivity contribution in [3.8, 4) is 5.75 Å². The number of benzene rings is 2. The SMILES string of the molecule is Cc1cccc(OCCNC(=O)CNc2ccccc2C)c1. The molecule has 2 N–H and O–H groups in total. The molecule has 4 nitrogen and oxygen atoms in total. The molecule has 0 spiro atoms. The molecule has 0 heterocycles. The van der Waals surface area contributed by atoms with E-state index < -0.39 is 0 Å². The van der Waals surface area contributed by atoms with Crippen LogP contribution in [0.2, 0.25) is 0 Å². The van der Waals surface area contributed by atoms with Crippen molar-refractivity contribution in [1.29, 1.82) is 0 Å². The molecule has 0 unspecified atom stereocenters. The van der Waals surface area contributed by atoms with Gasteiger partial charge in [-0.15, -0.1) is 0 Å². The van der Waals surface area contributed by atoms with Crippen molar-refractivity contribution < 1.29 is 9.53 Å². The lowest BCUT2D eigenvalue weighted by Crippen LogP contribution is -2.33. The number of hydrogen-bond donors (Lipinski definition) is 2. The Morgan fingerprint density at radius 2 is 1.91 bits per heavy atom. The van der Waals surface area contributed by atoms with Gasteiger partial charge < -0.3 is 15.4 Å². The van der Waals surface area contributed by atoms with E-state index in [1.165, 1.54) is 0 Å². The van der Waals surface area contributed by atoms with Crippen LogP contribution in [0.1, 0.15) is 11.1 Å². The van der Waals surface area contributed by atoms with Crippen LogP contribution >= 0.6 is 0 Å². The van der Waals surface area contributed by atoms with E-state index in [-0.39, 0.29) is 12.5 Å². The number of ether oxygens (including phenoxy) is 1. The van der Waals surface area contributed by atoms with E-state index in [4.69, 9.17) is 4.74 Å². The third kappa shape index (κ3) is 5.13. The summed E-state index contributed by atoms with van der Waals surface area (Å²) in [6.45, 7) is 5.24. The quantitative estimate of drug-likeness (QED) is 0.773. The van der Waals surface area contributed by atoms with E-state index in [1.807, 2.05) is 62.4 Å². The van der Waals surface area contributed by atoms with Crippen molar-refractivity contribution in [2.24, 2.45) is 0 Å². The van der Waals surface area contributed by atoms with Gasteiger partial charge in [0.05, 0.1) is 13.1 Å². The van der Waals surface area contributed by atoms with Crippen molar-refractivity contribution in [3.63, 3.8) is 0 Å². The Balaban J connectivity index is 1.65. The summed E-state index contributed by atoms with van der Waals surface area (Å²) in [5.41, 5.74) is 3.26.